The molecule has 1 aliphatic heterocycles. The predicted molar refractivity (Wildman–Crippen MR) is 287 cm³/mol. The predicted octanol–water partition coefficient (Wildman–Crippen LogP) is 16.1. The van der Waals surface area contributed by atoms with E-state index in [1.54, 1.807) is 0 Å². The van der Waals surface area contributed by atoms with Gasteiger partial charge in [0.05, 0.1) is 5.60 Å². The minimum absolute atomic E-state index is 0.204. The highest BCUT2D eigenvalue weighted by Crippen LogP contribution is 2.38. The third-order valence-corrected chi connectivity index (χ3v) is 14.7. The van der Waals surface area contributed by atoms with Gasteiger partial charge in [0.1, 0.15) is 31.0 Å². The maximum Gasteiger partial charge on any atom is 0.305 e. The Balaban J connectivity index is 1.59. The van der Waals surface area contributed by atoms with Crippen molar-refractivity contribution in [2.24, 2.45) is 23.2 Å². The van der Waals surface area contributed by atoms with Gasteiger partial charge in [0, 0.05) is 6.42 Å². The Morgan fingerprint density at radius 1 is 0.794 bits per heavy atom. The second-order valence-corrected chi connectivity index (χ2v) is 22.8. The minimum Gasteiger partial charge on any atom is -0.463 e. The van der Waals surface area contributed by atoms with Gasteiger partial charge in [0.2, 0.25) is 0 Å². The molecule has 2 aliphatic rings. The standard InChI is InChI=1S/C61H106O7/c1-12-13-14-15-16-17-18-19-20-21-22-23-41-55(62)66-46-54-56(63)57(64)58(65)59(67-54)68-61(10,11)45-29-39-50(5)37-27-36-49(4)35-26-33-47(2)31-24-25-32-48(3)34-28-38-51(6)42-43-53-52(7)40-30-44-60(53,8)9/h26,30,35-37,40,42-43,47-48,51,54,56-59,63-65H,12-25,27-29,31-34,38-39,41,44-46H2,1-11H3/b35-26+,43-42+,49-36+,50-37+/t47?,48?,51?,54-,56-,57+,58-,59-/m1/s1. The van der Waals surface area contributed by atoms with E-state index in [1.807, 2.05) is 13.8 Å². The molecule has 1 heterocycles. The smallest absolute Gasteiger partial charge is 0.305 e. The van der Waals surface area contributed by atoms with E-state index in [4.69, 9.17) is 14.2 Å². The fourth-order valence-electron chi connectivity index (χ4n) is 9.79. The molecule has 8 atom stereocenters. The van der Waals surface area contributed by atoms with Crippen molar-refractivity contribution in [3.8, 4) is 0 Å². The van der Waals surface area contributed by atoms with Crippen LogP contribution in [0.5, 0.6) is 0 Å². The lowest BCUT2D eigenvalue weighted by atomic mass is 9.75. The van der Waals surface area contributed by atoms with Crippen LogP contribution in [0.25, 0.3) is 0 Å². The van der Waals surface area contributed by atoms with E-state index < -0.39 is 36.3 Å². The number of ether oxygens (including phenoxy) is 3. The van der Waals surface area contributed by atoms with Gasteiger partial charge in [-0.2, -0.15) is 0 Å². The topological polar surface area (TPSA) is 105 Å². The molecule has 0 spiro atoms. The first kappa shape index (κ1) is 61.8. The van der Waals surface area contributed by atoms with Crippen LogP contribution in [-0.2, 0) is 19.0 Å². The van der Waals surface area contributed by atoms with Gasteiger partial charge in [-0.1, -0.05) is 210 Å². The summed E-state index contributed by atoms with van der Waals surface area (Å²) >= 11 is 0. The maximum absolute atomic E-state index is 12.5. The van der Waals surface area contributed by atoms with Crippen molar-refractivity contribution in [2.45, 2.75) is 279 Å². The van der Waals surface area contributed by atoms with E-state index in [2.05, 4.69) is 111 Å². The molecule has 0 saturated carbocycles. The van der Waals surface area contributed by atoms with Gasteiger partial charge in [-0.3, -0.25) is 4.79 Å². The quantitative estimate of drug-likeness (QED) is 0.0247. The summed E-state index contributed by atoms with van der Waals surface area (Å²) in [5, 5.41) is 32.0. The molecule has 0 amide bonds. The zero-order chi connectivity index (χ0) is 50.4. The van der Waals surface area contributed by atoms with Gasteiger partial charge in [-0.15, -0.1) is 0 Å². The van der Waals surface area contributed by atoms with Gasteiger partial charge in [0.15, 0.2) is 6.29 Å². The lowest BCUT2D eigenvalue weighted by molar-refractivity contribution is -0.324. The molecule has 392 valence electrons. The van der Waals surface area contributed by atoms with E-state index in [9.17, 15) is 20.1 Å². The Labute approximate surface area is 418 Å². The molecule has 0 aromatic carbocycles. The van der Waals surface area contributed by atoms with Crippen molar-refractivity contribution < 1.29 is 34.3 Å². The Morgan fingerprint density at radius 3 is 2.06 bits per heavy atom. The zero-order valence-electron chi connectivity index (χ0n) is 45.8. The molecule has 1 fully saturated rings. The number of carbonyl (C=O) groups excluding carboxylic acids is 1. The van der Waals surface area contributed by atoms with E-state index in [1.165, 1.54) is 125 Å². The number of hydrogen-bond acceptors (Lipinski definition) is 7. The lowest BCUT2D eigenvalue weighted by Gasteiger charge is -2.42. The highest BCUT2D eigenvalue weighted by molar-refractivity contribution is 5.69. The van der Waals surface area contributed by atoms with Gasteiger partial charge < -0.3 is 29.5 Å². The number of esters is 1. The second-order valence-electron chi connectivity index (χ2n) is 22.8. The summed E-state index contributed by atoms with van der Waals surface area (Å²) < 4.78 is 17.6. The van der Waals surface area contributed by atoms with Crippen LogP contribution in [0.3, 0.4) is 0 Å². The summed E-state index contributed by atoms with van der Waals surface area (Å²) in [5.41, 5.74) is 5.12. The first-order chi connectivity index (χ1) is 32.3. The largest absolute Gasteiger partial charge is 0.463 e. The molecular weight excluding hydrogens is 845 g/mol. The first-order valence-electron chi connectivity index (χ1n) is 27.9. The second kappa shape index (κ2) is 34.9. The Morgan fingerprint density at radius 2 is 1.41 bits per heavy atom. The van der Waals surface area contributed by atoms with Crippen molar-refractivity contribution in [3.63, 3.8) is 0 Å². The lowest BCUT2D eigenvalue weighted by Crippen LogP contribution is -2.60. The molecule has 1 aliphatic carbocycles. The molecular formula is C61H106O7. The van der Waals surface area contributed by atoms with Crippen molar-refractivity contribution >= 4 is 5.97 Å². The van der Waals surface area contributed by atoms with Crippen LogP contribution >= 0.6 is 0 Å². The summed E-state index contributed by atoms with van der Waals surface area (Å²) in [7, 11) is 0. The molecule has 68 heavy (non-hydrogen) atoms. The number of allylic oxidation sites excluding steroid dienone is 12. The molecule has 0 bridgehead atoms. The van der Waals surface area contributed by atoms with Crippen LogP contribution in [0, 0.1) is 23.2 Å². The fourth-order valence-corrected chi connectivity index (χ4v) is 9.79. The van der Waals surface area contributed by atoms with Crippen LogP contribution < -0.4 is 0 Å². The van der Waals surface area contributed by atoms with Gasteiger partial charge in [0.25, 0.3) is 0 Å². The monoisotopic (exact) mass is 951 g/mol. The molecule has 2 rings (SSSR count). The molecule has 0 aromatic rings. The summed E-state index contributed by atoms with van der Waals surface area (Å²) in [5.74, 6) is 1.80. The van der Waals surface area contributed by atoms with Crippen LogP contribution in [0.4, 0.5) is 0 Å². The third-order valence-electron chi connectivity index (χ3n) is 14.7. The highest BCUT2D eigenvalue weighted by Gasteiger charge is 2.46. The van der Waals surface area contributed by atoms with Crippen LogP contribution in [-0.4, -0.2) is 64.2 Å². The van der Waals surface area contributed by atoms with E-state index in [0.29, 0.717) is 24.7 Å². The number of rotatable bonds is 37. The summed E-state index contributed by atoms with van der Waals surface area (Å²) in [4.78, 5) is 12.5. The molecule has 7 heteroatoms. The van der Waals surface area contributed by atoms with Crippen molar-refractivity contribution in [1.82, 2.24) is 0 Å². The molecule has 0 aromatic heterocycles. The number of carbonyl (C=O) groups is 1. The summed E-state index contributed by atoms with van der Waals surface area (Å²) in [6.45, 7) is 24.5. The number of aliphatic hydroxyl groups excluding tert-OH is 3. The summed E-state index contributed by atoms with van der Waals surface area (Å²) in [6, 6.07) is 0. The Bertz CT molecular complexity index is 1550. The van der Waals surface area contributed by atoms with E-state index >= 15 is 0 Å². The highest BCUT2D eigenvalue weighted by atomic mass is 16.7. The molecule has 1 saturated heterocycles. The van der Waals surface area contributed by atoms with Crippen molar-refractivity contribution in [3.05, 3.63) is 70.9 Å². The Hall–Kier alpha value is -2.29. The third kappa shape index (κ3) is 27.4. The van der Waals surface area contributed by atoms with E-state index in [-0.39, 0.29) is 18.0 Å². The van der Waals surface area contributed by atoms with Crippen molar-refractivity contribution in [1.29, 1.82) is 0 Å². The fraction of sp³-hybridized carbons (Fsp3) is 0.787. The summed E-state index contributed by atoms with van der Waals surface area (Å²) in [6.07, 6.45) is 42.1. The average Bonchev–Trinajstić information content (AvgIpc) is 3.27. The molecule has 3 unspecified atom stereocenters. The Kier molecular flexibility index (Phi) is 31.8. The number of aliphatic hydroxyl groups is 3. The molecule has 0 radical (unpaired) electrons. The number of hydrogen-bond donors (Lipinski definition) is 3. The van der Waals surface area contributed by atoms with Crippen molar-refractivity contribution in [2.75, 3.05) is 6.61 Å². The van der Waals surface area contributed by atoms with Crippen LogP contribution in [0.15, 0.2) is 70.9 Å². The average molecular weight is 952 g/mol. The number of unbranched alkanes of at least 4 members (excludes halogenated alkanes) is 12. The van der Waals surface area contributed by atoms with Crippen LogP contribution in [0.1, 0.15) is 243 Å². The maximum atomic E-state index is 12.5. The zero-order valence-corrected chi connectivity index (χ0v) is 45.8. The van der Waals surface area contributed by atoms with Gasteiger partial charge >= 0.3 is 5.97 Å². The van der Waals surface area contributed by atoms with Gasteiger partial charge in [-0.25, -0.2) is 0 Å². The first-order valence-corrected chi connectivity index (χ1v) is 27.9. The normalized spacial score (nSPS) is 22.9. The molecule has 3 N–H and O–H groups in total. The molecule has 7 nitrogen and oxygen atoms in total. The van der Waals surface area contributed by atoms with Gasteiger partial charge in [-0.05, 0) is 120 Å². The van der Waals surface area contributed by atoms with E-state index in [0.717, 1.165) is 57.3 Å². The van der Waals surface area contributed by atoms with Crippen LogP contribution in [0.2, 0.25) is 0 Å². The minimum atomic E-state index is -1.48. The SMILES string of the molecule is CCCCCCCCCCCCCCC(=O)OC[C@H]1O[C@H](OC(C)(C)CCC/C(C)=C/C/C=C(C)/C=C/CC(C)CCCCC(C)CCCC(C)/C=C/C2=C(C)C=CCC2(C)C)[C@H](O)[C@@H](O)[C@@H]1O.